The van der Waals surface area contributed by atoms with E-state index in [2.05, 4.69) is 12.6 Å². The Kier molecular flexibility index (Phi) is 5.14. The maximum atomic E-state index is 11.6. The molecule has 0 aliphatic heterocycles. The second kappa shape index (κ2) is 5.39. The molecule has 0 aromatic rings. The molecule has 0 fully saturated rings. The molecule has 0 bridgehead atoms. The van der Waals surface area contributed by atoms with Crippen molar-refractivity contribution >= 4 is 24.5 Å². The zero-order chi connectivity index (χ0) is 12.2. The summed E-state index contributed by atoms with van der Waals surface area (Å²) in [5.41, 5.74) is 0. The Balaban J connectivity index is 4.17. The summed E-state index contributed by atoms with van der Waals surface area (Å²) < 4.78 is -0.205. The van der Waals surface area contributed by atoms with E-state index >= 15 is 0 Å². The molecule has 0 aromatic heterocycles. The highest BCUT2D eigenvalue weighted by Crippen LogP contribution is 2.19. The van der Waals surface area contributed by atoms with Crippen molar-refractivity contribution in [2.45, 2.75) is 44.4 Å². The van der Waals surface area contributed by atoms with E-state index in [4.69, 9.17) is 5.11 Å². The molecule has 0 rings (SSSR count). The van der Waals surface area contributed by atoms with Crippen LogP contribution < -0.4 is 0 Å². The van der Waals surface area contributed by atoms with Gasteiger partial charge in [0.15, 0.2) is 0 Å². The Morgan fingerprint density at radius 2 is 1.93 bits per heavy atom. The number of hydrogen-bond acceptors (Lipinski definition) is 3. The van der Waals surface area contributed by atoms with Crippen LogP contribution in [0.5, 0.6) is 0 Å². The first-order valence-corrected chi connectivity index (χ1v) is 5.30. The molecule has 5 heteroatoms. The summed E-state index contributed by atoms with van der Waals surface area (Å²) in [6.45, 7) is 5.33. The van der Waals surface area contributed by atoms with Crippen LogP contribution in [0.3, 0.4) is 0 Å². The predicted octanol–water partition coefficient (Wildman–Crippen LogP) is 1.41. The number of carboxylic acid groups (broad SMARTS) is 1. The highest BCUT2D eigenvalue weighted by Gasteiger charge is 2.23. The first kappa shape index (κ1) is 14.3. The zero-order valence-corrected chi connectivity index (χ0v) is 10.5. The summed E-state index contributed by atoms with van der Waals surface area (Å²) in [5.74, 6) is -1.15. The number of likely N-dealkylation sites (N-methyl/N-ethyl adjacent to an activating group) is 1. The summed E-state index contributed by atoms with van der Waals surface area (Å²) >= 11 is 4.30. The van der Waals surface area contributed by atoms with E-state index in [0.29, 0.717) is 12.8 Å². The monoisotopic (exact) mass is 233 g/mol. The molecule has 1 amide bonds. The fourth-order valence-corrected chi connectivity index (χ4v) is 1.08. The van der Waals surface area contributed by atoms with E-state index in [-0.39, 0.29) is 10.7 Å². The van der Waals surface area contributed by atoms with Gasteiger partial charge in [0.2, 0.25) is 5.91 Å². The van der Waals surface area contributed by atoms with Crippen LogP contribution in [0.2, 0.25) is 0 Å². The van der Waals surface area contributed by atoms with E-state index in [9.17, 15) is 9.59 Å². The van der Waals surface area contributed by atoms with Crippen molar-refractivity contribution in [2.75, 3.05) is 7.05 Å². The molecule has 4 nitrogen and oxygen atoms in total. The number of thiol groups is 1. The molecule has 0 aliphatic carbocycles. The van der Waals surface area contributed by atoms with Gasteiger partial charge in [-0.05, 0) is 13.3 Å². The smallest absolute Gasteiger partial charge is 0.326 e. The Bertz CT molecular complexity index is 248. The lowest BCUT2D eigenvalue weighted by Gasteiger charge is -2.23. The van der Waals surface area contributed by atoms with Crippen LogP contribution in [0.4, 0.5) is 0 Å². The van der Waals surface area contributed by atoms with Gasteiger partial charge in [0, 0.05) is 18.2 Å². The van der Waals surface area contributed by atoms with E-state index in [1.807, 2.05) is 13.8 Å². The molecule has 1 N–H and O–H groups in total. The molecular formula is C10H19NO3S. The maximum absolute atomic E-state index is 11.6. The normalized spacial score (nSPS) is 13.4. The summed E-state index contributed by atoms with van der Waals surface area (Å²) in [5, 5.41) is 8.72. The minimum atomic E-state index is -0.990. The third kappa shape index (κ3) is 5.67. The average Bonchev–Trinajstić information content (AvgIpc) is 2.10. The number of carboxylic acids is 1. The Morgan fingerprint density at radius 3 is 2.27 bits per heavy atom. The second-order valence-electron chi connectivity index (χ2n) is 4.33. The molecular weight excluding hydrogens is 214 g/mol. The number of carbonyl (C=O) groups is 2. The van der Waals surface area contributed by atoms with Crippen LogP contribution in [0.1, 0.15) is 33.6 Å². The van der Waals surface area contributed by atoms with Gasteiger partial charge in [-0.15, -0.1) is 0 Å². The zero-order valence-electron chi connectivity index (χ0n) is 9.65. The number of nitrogens with zero attached hydrogens (tertiary/aromatic N) is 1. The van der Waals surface area contributed by atoms with E-state index < -0.39 is 12.0 Å². The molecule has 0 radical (unpaired) electrons. The second-order valence-corrected chi connectivity index (χ2v) is 5.54. The highest BCUT2D eigenvalue weighted by molar-refractivity contribution is 7.81. The summed E-state index contributed by atoms with van der Waals surface area (Å²) in [6, 6.07) is -0.777. The standard InChI is InChI=1S/C10H19NO3S/c1-7(9(13)14)11(4)8(12)5-6-10(2,3)15/h7,15H,5-6H2,1-4H3,(H,13,14)/t7-/m0/s1. The van der Waals surface area contributed by atoms with Crippen LogP contribution in [-0.2, 0) is 9.59 Å². The maximum Gasteiger partial charge on any atom is 0.326 e. The van der Waals surface area contributed by atoms with Crippen molar-refractivity contribution in [3.05, 3.63) is 0 Å². The quantitative estimate of drug-likeness (QED) is 0.706. The predicted molar refractivity (Wildman–Crippen MR) is 62.2 cm³/mol. The third-order valence-electron chi connectivity index (χ3n) is 2.28. The topological polar surface area (TPSA) is 57.6 Å². The highest BCUT2D eigenvalue weighted by atomic mass is 32.1. The summed E-state index contributed by atoms with van der Waals surface area (Å²) in [7, 11) is 1.51. The van der Waals surface area contributed by atoms with Gasteiger partial charge in [-0.2, -0.15) is 12.6 Å². The van der Waals surface area contributed by atoms with E-state index in [1.165, 1.54) is 18.9 Å². The van der Waals surface area contributed by atoms with Crippen molar-refractivity contribution in [1.82, 2.24) is 4.90 Å². The molecule has 0 spiro atoms. The van der Waals surface area contributed by atoms with E-state index in [0.717, 1.165) is 0 Å². The molecule has 0 unspecified atom stereocenters. The van der Waals surface area contributed by atoms with Crippen LogP contribution in [0.25, 0.3) is 0 Å². The molecule has 1 atom stereocenters. The van der Waals surface area contributed by atoms with Crippen molar-refractivity contribution < 1.29 is 14.7 Å². The van der Waals surface area contributed by atoms with E-state index in [1.54, 1.807) is 0 Å². The van der Waals surface area contributed by atoms with Crippen molar-refractivity contribution in [2.24, 2.45) is 0 Å². The minimum absolute atomic E-state index is 0.160. The van der Waals surface area contributed by atoms with Gasteiger partial charge < -0.3 is 10.0 Å². The van der Waals surface area contributed by atoms with Crippen LogP contribution in [-0.4, -0.2) is 39.7 Å². The lowest BCUT2D eigenvalue weighted by molar-refractivity contribution is -0.148. The fraction of sp³-hybridized carbons (Fsp3) is 0.800. The molecule has 0 saturated carbocycles. The van der Waals surface area contributed by atoms with Crippen LogP contribution >= 0.6 is 12.6 Å². The largest absolute Gasteiger partial charge is 0.480 e. The minimum Gasteiger partial charge on any atom is -0.480 e. The number of hydrogen-bond donors (Lipinski definition) is 2. The Morgan fingerprint density at radius 1 is 1.47 bits per heavy atom. The number of carbonyl (C=O) groups excluding carboxylic acids is 1. The van der Waals surface area contributed by atoms with Crippen LogP contribution in [0.15, 0.2) is 0 Å². The molecule has 0 heterocycles. The van der Waals surface area contributed by atoms with Gasteiger partial charge in [0.1, 0.15) is 6.04 Å². The first-order chi connectivity index (χ1) is 6.65. The molecule has 88 valence electrons. The van der Waals surface area contributed by atoms with Gasteiger partial charge in [0.25, 0.3) is 0 Å². The van der Waals surface area contributed by atoms with Crippen molar-refractivity contribution in [3.8, 4) is 0 Å². The Hall–Kier alpha value is -0.710. The van der Waals surface area contributed by atoms with Gasteiger partial charge in [-0.3, -0.25) is 4.79 Å². The van der Waals surface area contributed by atoms with Gasteiger partial charge >= 0.3 is 5.97 Å². The fourth-order valence-electron chi connectivity index (χ4n) is 0.971. The Labute approximate surface area is 96.1 Å². The lowest BCUT2D eigenvalue weighted by Crippen LogP contribution is -2.40. The van der Waals surface area contributed by atoms with Crippen LogP contribution in [0, 0.1) is 0 Å². The van der Waals surface area contributed by atoms with Gasteiger partial charge in [-0.25, -0.2) is 4.79 Å². The van der Waals surface area contributed by atoms with Gasteiger partial charge in [-0.1, -0.05) is 13.8 Å². The van der Waals surface area contributed by atoms with Crippen molar-refractivity contribution in [1.29, 1.82) is 0 Å². The molecule has 0 aromatic carbocycles. The number of aliphatic carboxylic acids is 1. The molecule has 0 aliphatic rings. The number of amides is 1. The average molecular weight is 233 g/mol. The summed E-state index contributed by atoms with van der Waals surface area (Å²) in [6.07, 6.45) is 0.955. The first-order valence-electron chi connectivity index (χ1n) is 4.86. The summed E-state index contributed by atoms with van der Waals surface area (Å²) in [4.78, 5) is 23.5. The molecule has 15 heavy (non-hydrogen) atoms. The van der Waals surface area contributed by atoms with Gasteiger partial charge in [0.05, 0.1) is 0 Å². The third-order valence-corrected chi connectivity index (χ3v) is 2.51. The SMILES string of the molecule is C[C@@H](C(=O)O)N(C)C(=O)CCC(C)(C)S. The van der Waals surface area contributed by atoms with Crippen molar-refractivity contribution in [3.63, 3.8) is 0 Å². The molecule has 0 saturated heterocycles. The number of rotatable bonds is 5. The lowest BCUT2D eigenvalue weighted by atomic mass is 10.1.